The first-order valence-corrected chi connectivity index (χ1v) is 14.9. The molecule has 0 aromatic heterocycles. The highest BCUT2D eigenvalue weighted by Crippen LogP contribution is 2.25. The van der Waals surface area contributed by atoms with Crippen molar-refractivity contribution in [1.29, 1.82) is 0 Å². The maximum Gasteiger partial charge on any atom is 0.244 e. The molecule has 230 valence electrons. The van der Waals surface area contributed by atoms with E-state index in [1.165, 1.54) is 6.42 Å². The normalized spacial score (nSPS) is 10.8. The zero-order valence-electron chi connectivity index (χ0n) is 26.5. The summed E-state index contributed by atoms with van der Waals surface area (Å²) in [4.78, 5) is 39.2. The van der Waals surface area contributed by atoms with Crippen molar-refractivity contribution in [1.82, 2.24) is 15.7 Å². The van der Waals surface area contributed by atoms with Crippen LogP contribution in [-0.4, -0.2) is 48.0 Å². The molecule has 8 nitrogen and oxygen atoms in total. The lowest BCUT2D eigenvalue weighted by Crippen LogP contribution is -2.43. The molecule has 2 aromatic rings. The quantitative estimate of drug-likeness (QED) is 0.175. The molecular weight excluding hydrogens is 518 g/mol. The number of nitrogens with one attached hydrogen (secondary N) is 2. The third-order valence-electron chi connectivity index (χ3n) is 5.93. The van der Waals surface area contributed by atoms with Gasteiger partial charge in [0.25, 0.3) is 0 Å². The summed E-state index contributed by atoms with van der Waals surface area (Å²) in [6.45, 7) is 15.1. The third kappa shape index (κ3) is 15.3. The number of carbonyl (C=O) groups excluding carboxylic acids is 3. The highest BCUT2D eigenvalue weighted by molar-refractivity contribution is 5.88. The molecule has 41 heavy (non-hydrogen) atoms. The van der Waals surface area contributed by atoms with Crippen molar-refractivity contribution in [3.8, 4) is 16.9 Å². The Balaban J connectivity index is 0.00000299. The predicted molar refractivity (Wildman–Crippen MR) is 167 cm³/mol. The van der Waals surface area contributed by atoms with Gasteiger partial charge in [-0.15, -0.1) is 0 Å². The number of methoxy groups -OCH3 is 1. The molecule has 0 bridgehead atoms. The number of carbonyl (C=O) groups is 3. The molecule has 0 fully saturated rings. The molecule has 3 N–H and O–H groups in total. The first-order chi connectivity index (χ1) is 19.7. The van der Waals surface area contributed by atoms with Crippen LogP contribution in [0, 0.1) is 11.8 Å². The van der Waals surface area contributed by atoms with Crippen LogP contribution >= 0.6 is 0 Å². The lowest BCUT2D eigenvalue weighted by molar-refractivity contribution is -0.137. The van der Waals surface area contributed by atoms with Crippen LogP contribution in [0.5, 0.6) is 5.75 Å². The van der Waals surface area contributed by atoms with Crippen molar-refractivity contribution in [2.75, 3.05) is 20.2 Å². The monoisotopic (exact) mass is 571 g/mol. The summed E-state index contributed by atoms with van der Waals surface area (Å²) < 4.78 is 5.34. The van der Waals surface area contributed by atoms with E-state index in [0.29, 0.717) is 19.5 Å². The summed E-state index contributed by atoms with van der Waals surface area (Å²) in [7, 11) is 1.64. The Morgan fingerprint density at radius 1 is 0.976 bits per heavy atom. The van der Waals surface area contributed by atoms with E-state index in [0.717, 1.165) is 35.3 Å². The lowest BCUT2D eigenvalue weighted by Gasteiger charge is -2.24. The zero-order chi connectivity index (χ0) is 31.2. The van der Waals surface area contributed by atoms with Gasteiger partial charge in [0.1, 0.15) is 5.75 Å². The summed E-state index contributed by atoms with van der Waals surface area (Å²) in [6.07, 6.45) is 3.38. The van der Waals surface area contributed by atoms with Crippen molar-refractivity contribution >= 4 is 17.7 Å². The molecule has 0 aliphatic rings. The maximum atomic E-state index is 13.1. The van der Waals surface area contributed by atoms with Crippen LogP contribution < -0.4 is 15.5 Å². The molecule has 2 rings (SSSR count). The van der Waals surface area contributed by atoms with E-state index in [-0.39, 0.29) is 30.7 Å². The number of amides is 3. The van der Waals surface area contributed by atoms with Crippen LogP contribution in [0.1, 0.15) is 86.1 Å². The minimum Gasteiger partial charge on any atom is -0.497 e. The van der Waals surface area contributed by atoms with Crippen molar-refractivity contribution in [3.63, 3.8) is 0 Å². The number of unbranched alkanes of at least 4 members (excludes halogenated alkanes) is 1. The van der Waals surface area contributed by atoms with E-state index < -0.39 is 11.8 Å². The summed E-state index contributed by atoms with van der Waals surface area (Å²) in [5, 5.41) is 11.5. The van der Waals surface area contributed by atoms with E-state index in [9.17, 15) is 14.4 Å². The van der Waals surface area contributed by atoms with Gasteiger partial charge in [-0.25, -0.2) is 5.48 Å². The molecule has 0 spiro atoms. The molecule has 2 aromatic carbocycles. The fourth-order valence-corrected chi connectivity index (χ4v) is 4.05. The second-order valence-corrected chi connectivity index (χ2v) is 10.1. The van der Waals surface area contributed by atoms with Gasteiger partial charge in [0.15, 0.2) is 0 Å². The average molecular weight is 572 g/mol. The van der Waals surface area contributed by atoms with E-state index in [2.05, 4.69) is 32.2 Å². The smallest absolute Gasteiger partial charge is 0.244 e. The molecule has 1 atom stereocenters. The van der Waals surface area contributed by atoms with E-state index in [1.54, 1.807) is 17.5 Å². The van der Waals surface area contributed by atoms with E-state index in [1.807, 2.05) is 70.2 Å². The number of rotatable bonds is 14. The van der Waals surface area contributed by atoms with E-state index >= 15 is 0 Å². The van der Waals surface area contributed by atoms with Crippen LogP contribution in [0.3, 0.4) is 0 Å². The largest absolute Gasteiger partial charge is 0.497 e. The summed E-state index contributed by atoms with van der Waals surface area (Å²) in [5.74, 6) is -0.827. The number of hydroxylamine groups is 1. The number of ether oxygens (including phenoxy) is 1. The molecule has 0 saturated heterocycles. The van der Waals surface area contributed by atoms with Gasteiger partial charge in [0, 0.05) is 25.4 Å². The van der Waals surface area contributed by atoms with Gasteiger partial charge in [-0.3, -0.25) is 19.6 Å². The van der Waals surface area contributed by atoms with Gasteiger partial charge >= 0.3 is 0 Å². The Bertz CT molecular complexity index is 1030. The van der Waals surface area contributed by atoms with Crippen LogP contribution in [0.25, 0.3) is 11.1 Å². The molecule has 0 radical (unpaired) electrons. The third-order valence-corrected chi connectivity index (χ3v) is 5.93. The summed E-state index contributed by atoms with van der Waals surface area (Å²) in [6, 6.07) is 15.9. The SMILES string of the molecule is CC.CCC.CCCCN(Cc1cccc(-c2cccc(OC)c2)c1)C(=O)CNC(=O)C(CC(=O)NO)CC(C)C. The molecule has 8 heteroatoms. The molecule has 0 saturated carbocycles. The minimum absolute atomic E-state index is 0.134. The Labute approximate surface area is 247 Å². The summed E-state index contributed by atoms with van der Waals surface area (Å²) >= 11 is 0. The lowest BCUT2D eigenvalue weighted by atomic mass is 9.93. The number of nitrogens with zero attached hydrogens (tertiary/aromatic N) is 1. The van der Waals surface area contributed by atoms with Crippen LogP contribution in [0.2, 0.25) is 0 Å². The van der Waals surface area contributed by atoms with Crippen LogP contribution in [0.4, 0.5) is 0 Å². The van der Waals surface area contributed by atoms with Gasteiger partial charge in [-0.1, -0.05) is 91.6 Å². The van der Waals surface area contributed by atoms with Gasteiger partial charge in [-0.2, -0.15) is 0 Å². The zero-order valence-corrected chi connectivity index (χ0v) is 26.5. The first-order valence-electron chi connectivity index (χ1n) is 14.9. The van der Waals surface area contributed by atoms with Crippen molar-refractivity contribution in [2.45, 2.75) is 87.1 Å². The maximum absolute atomic E-state index is 13.1. The highest BCUT2D eigenvalue weighted by atomic mass is 16.5. The molecule has 3 amide bonds. The van der Waals surface area contributed by atoms with Gasteiger partial charge < -0.3 is 15.0 Å². The fourth-order valence-electron chi connectivity index (χ4n) is 4.05. The van der Waals surface area contributed by atoms with Gasteiger partial charge in [-0.05, 0) is 53.6 Å². The van der Waals surface area contributed by atoms with Crippen LogP contribution in [-0.2, 0) is 20.9 Å². The highest BCUT2D eigenvalue weighted by Gasteiger charge is 2.24. The summed E-state index contributed by atoms with van der Waals surface area (Å²) in [5.41, 5.74) is 4.62. The fraction of sp³-hybridized carbons (Fsp3) is 0.545. The van der Waals surface area contributed by atoms with Gasteiger partial charge in [0.05, 0.1) is 13.7 Å². The van der Waals surface area contributed by atoms with Crippen molar-refractivity contribution in [2.24, 2.45) is 11.8 Å². The standard InChI is InChI=1S/C28H39N3O5.C3H8.C2H6/c1-5-6-13-31(27(33)18-29-28(34)24(14-20(2)3)17-26(32)30-35)19-21-9-7-10-22(15-21)23-11-8-12-25(16-23)36-4;1-3-2;1-2/h7-12,15-16,20,24,35H,5-6,13-14,17-19H2,1-4H3,(H,29,34)(H,30,32);3H2,1-2H3;1-2H3. The van der Waals surface area contributed by atoms with Crippen LogP contribution in [0.15, 0.2) is 48.5 Å². The minimum atomic E-state index is -0.623. The number of hydrogen-bond donors (Lipinski definition) is 3. The Kier molecular flexibility index (Phi) is 20.5. The second kappa shape index (κ2) is 22.3. The molecular formula is C33H53N3O5. The van der Waals surface area contributed by atoms with Gasteiger partial charge in [0.2, 0.25) is 17.7 Å². The van der Waals surface area contributed by atoms with Crippen molar-refractivity contribution < 1.29 is 24.3 Å². The second-order valence-electron chi connectivity index (χ2n) is 10.1. The number of hydrogen-bond acceptors (Lipinski definition) is 5. The molecule has 0 aliphatic carbocycles. The molecule has 1 unspecified atom stereocenters. The topological polar surface area (TPSA) is 108 Å². The van der Waals surface area contributed by atoms with Crippen molar-refractivity contribution in [3.05, 3.63) is 54.1 Å². The Hall–Kier alpha value is -3.39. The molecule has 0 aliphatic heterocycles. The molecule has 0 heterocycles. The predicted octanol–water partition coefficient (Wildman–Crippen LogP) is 6.61. The Morgan fingerprint density at radius 3 is 2.15 bits per heavy atom. The average Bonchev–Trinajstić information content (AvgIpc) is 2.98. The number of benzene rings is 2. The Morgan fingerprint density at radius 2 is 1.59 bits per heavy atom. The first kappa shape index (κ1) is 37.6. The van der Waals surface area contributed by atoms with E-state index in [4.69, 9.17) is 9.94 Å².